The first-order chi connectivity index (χ1) is 7.69. The molecule has 3 nitrogen and oxygen atoms in total. The molecule has 0 amide bonds. The Kier molecular flexibility index (Phi) is 5.81. The highest BCUT2D eigenvalue weighted by atomic mass is 16.4. The zero-order valence-corrected chi connectivity index (χ0v) is 10.6. The summed E-state index contributed by atoms with van der Waals surface area (Å²) in [6.07, 6.45) is 7.42. The fourth-order valence-electron chi connectivity index (χ4n) is 2.80. The summed E-state index contributed by atoms with van der Waals surface area (Å²) < 4.78 is 0. The predicted molar refractivity (Wildman–Crippen MR) is 65.6 cm³/mol. The van der Waals surface area contributed by atoms with E-state index in [0.29, 0.717) is 18.5 Å². The fraction of sp³-hybridized carbons (Fsp3) is 0.923. The number of nitrogens with zero attached hydrogens (tertiary/aromatic N) is 1. The van der Waals surface area contributed by atoms with Gasteiger partial charge in [0, 0.05) is 12.1 Å². The van der Waals surface area contributed by atoms with Crippen LogP contribution in [0.2, 0.25) is 0 Å². The molecule has 2 unspecified atom stereocenters. The van der Waals surface area contributed by atoms with Crippen LogP contribution in [0.1, 0.15) is 58.8 Å². The minimum atomic E-state index is -0.651. The molecule has 1 heterocycles. The number of likely N-dealkylation sites (tertiary alicyclic amines) is 1. The molecule has 0 aromatic carbocycles. The van der Waals surface area contributed by atoms with Crippen LogP contribution < -0.4 is 0 Å². The van der Waals surface area contributed by atoms with Gasteiger partial charge >= 0.3 is 5.97 Å². The Morgan fingerprint density at radius 3 is 2.81 bits per heavy atom. The molecule has 2 atom stereocenters. The number of carboxylic acid groups (broad SMARTS) is 1. The minimum absolute atomic E-state index is 0.291. The average molecular weight is 227 g/mol. The standard InChI is InChI=1S/C13H25NO2/c1-3-5-7-11(4-2)14-9-6-8-12(14)10-13(15)16/h11-12H,3-10H2,1-2H3,(H,15,16). The van der Waals surface area contributed by atoms with E-state index < -0.39 is 5.97 Å². The Labute approximate surface area is 98.8 Å². The van der Waals surface area contributed by atoms with Gasteiger partial charge in [0.15, 0.2) is 0 Å². The molecule has 0 saturated carbocycles. The lowest BCUT2D eigenvalue weighted by molar-refractivity contribution is -0.138. The largest absolute Gasteiger partial charge is 0.481 e. The van der Waals surface area contributed by atoms with E-state index in [2.05, 4.69) is 18.7 Å². The molecule has 0 aliphatic carbocycles. The highest BCUT2D eigenvalue weighted by Crippen LogP contribution is 2.26. The van der Waals surface area contributed by atoms with Crippen LogP contribution in [0, 0.1) is 0 Å². The molecule has 1 N–H and O–H groups in total. The maximum absolute atomic E-state index is 10.8. The van der Waals surface area contributed by atoms with E-state index in [1.54, 1.807) is 0 Å². The van der Waals surface area contributed by atoms with Crippen molar-refractivity contribution >= 4 is 5.97 Å². The lowest BCUT2D eigenvalue weighted by Crippen LogP contribution is -2.39. The van der Waals surface area contributed by atoms with Crippen molar-refractivity contribution in [1.82, 2.24) is 4.90 Å². The van der Waals surface area contributed by atoms with Gasteiger partial charge in [0.25, 0.3) is 0 Å². The molecule has 0 aromatic rings. The minimum Gasteiger partial charge on any atom is -0.481 e. The number of unbranched alkanes of at least 4 members (excludes halogenated alkanes) is 1. The van der Waals surface area contributed by atoms with Gasteiger partial charge in [-0.25, -0.2) is 0 Å². The number of carbonyl (C=O) groups is 1. The second-order valence-corrected chi connectivity index (χ2v) is 4.84. The van der Waals surface area contributed by atoms with Gasteiger partial charge in [0.1, 0.15) is 0 Å². The zero-order chi connectivity index (χ0) is 12.0. The van der Waals surface area contributed by atoms with E-state index in [1.165, 1.54) is 25.7 Å². The Balaban J connectivity index is 2.50. The molecular formula is C13H25NO2. The van der Waals surface area contributed by atoms with Crippen LogP contribution in [0.5, 0.6) is 0 Å². The molecule has 1 aliphatic rings. The van der Waals surface area contributed by atoms with Crippen molar-refractivity contribution in [2.75, 3.05) is 6.54 Å². The topological polar surface area (TPSA) is 40.5 Å². The normalized spacial score (nSPS) is 23.5. The molecule has 1 saturated heterocycles. The van der Waals surface area contributed by atoms with Crippen LogP contribution in [-0.4, -0.2) is 34.6 Å². The SMILES string of the molecule is CCCCC(CC)N1CCCC1CC(=O)O. The number of aliphatic carboxylic acids is 1. The average Bonchev–Trinajstić information content (AvgIpc) is 2.67. The van der Waals surface area contributed by atoms with Crippen LogP contribution in [0.25, 0.3) is 0 Å². The highest BCUT2D eigenvalue weighted by Gasteiger charge is 2.30. The molecule has 16 heavy (non-hydrogen) atoms. The van der Waals surface area contributed by atoms with Gasteiger partial charge in [-0.15, -0.1) is 0 Å². The maximum atomic E-state index is 10.8. The van der Waals surface area contributed by atoms with Crippen LogP contribution >= 0.6 is 0 Å². The Hall–Kier alpha value is -0.570. The van der Waals surface area contributed by atoms with E-state index >= 15 is 0 Å². The zero-order valence-electron chi connectivity index (χ0n) is 10.6. The monoisotopic (exact) mass is 227 g/mol. The lowest BCUT2D eigenvalue weighted by atomic mass is 10.0. The van der Waals surface area contributed by atoms with Crippen molar-refractivity contribution in [3.05, 3.63) is 0 Å². The van der Waals surface area contributed by atoms with Crippen LogP contribution in [-0.2, 0) is 4.79 Å². The Bertz CT molecular complexity index is 218. The van der Waals surface area contributed by atoms with Crippen molar-refractivity contribution in [1.29, 1.82) is 0 Å². The second-order valence-electron chi connectivity index (χ2n) is 4.84. The third-order valence-electron chi connectivity index (χ3n) is 3.66. The van der Waals surface area contributed by atoms with Crippen molar-refractivity contribution in [2.45, 2.75) is 70.9 Å². The van der Waals surface area contributed by atoms with Gasteiger partial charge in [0.2, 0.25) is 0 Å². The molecule has 0 spiro atoms. The van der Waals surface area contributed by atoms with Crippen molar-refractivity contribution < 1.29 is 9.90 Å². The summed E-state index contributed by atoms with van der Waals surface area (Å²) in [6, 6.07) is 0.895. The van der Waals surface area contributed by atoms with Gasteiger partial charge in [-0.3, -0.25) is 9.69 Å². The number of hydrogen-bond donors (Lipinski definition) is 1. The summed E-state index contributed by atoms with van der Waals surface area (Å²) in [5, 5.41) is 8.90. The summed E-state index contributed by atoms with van der Waals surface area (Å²) in [5.74, 6) is -0.651. The Morgan fingerprint density at radius 2 is 2.25 bits per heavy atom. The van der Waals surface area contributed by atoms with Gasteiger partial charge < -0.3 is 5.11 Å². The predicted octanol–water partition coefficient (Wildman–Crippen LogP) is 2.89. The molecule has 1 aliphatic heterocycles. The summed E-state index contributed by atoms with van der Waals surface area (Å²) >= 11 is 0. The summed E-state index contributed by atoms with van der Waals surface area (Å²) in [5.41, 5.74) is 0. The first kappa shape index (κ1) is 13.5. The second kappa shape index (κ2) is 6.89. The molecule has 1 rings (SSSR count). The van der Waals surface area contributed by atoms with Gasteiger partial charge in [0.05, 0.1) is 6.42 Å². The van der Waals surface area contributed by atoms with E-state index in [0.717, 1.165) is 19.4 Å². The summed E-state index contributed by atoms with van der Waals surface area (Å²) in [4.78, 5) is 13.2. The maximum Gasteiger partial charge on any atom is 0.304 e. The van der Waals surface area contributed by atoms with Gasteiger partial charge in [-0.2, -0.15) is 0 Å². The first-order valence-electron chi connectivity index (χ1n) is 6.66. The molecule has 3 heteroatoms. The highest BCUT2D eigenvalue weighted by molar-refractivity contribution is 5.67. The van der Waals surface area contributed by atoms with Gasteiger partial charge in [-0.05, 0) is 32.2 Å². The molecule has 94 valence electrons. The summed E-state index contributed by atoms with van der Waals surface area (Å²) in [6.45, 7) is 5.53. The third kappa shape index (κ3) is 3.78. The number of hydrogen-bond acceptors (Lipinski definition) is 2. The van der Waals surface area contributed by atoms with Crippen LogP contribution in [0.15, 0.2) is 0 Å². The van der Waals surface area contributed by atoms with E-state index in [1.807, 2.05) is 0 Å². The molecule has 0 radical (unpaired) electrons. The van der Waals surface area contributed by atoms with Crippen molar-refractivity contribution in [2.24, 2.45) is 0 Å². The quantitative estimate of drug-likeness (QED) is 0.727. The molecular weight excluding hydrogens is 202 g/mol. The molecule has 0 aromatic heterocycles. The van der Waals surface area contributed by atoms with E-state index in [-0.39, 0.29) is 0 Å². The fourth-order valence-corrected chi connectivity index (χ4v) is 2.80. The summed E-state index contributed by atoms with van der Waals surface area (Å²) in [7, 11) is 0. The number of carboxylic acids is 1. The molecule has 0 bridgehead atoms. The number of rotatable bonds is 7. The van der Waals surface area contributed by atoms with Crippen LogP contribution in [0.3, 0.4) is 0 Å². The van der Waals surface area contributed by atoms with Crippen LogP contribution in [0.4, 0.5) is 0 Å². The van der Waals surface area contributed by atoms with E-state index in [4.69, 9.17) is 5.11 Å². The van der Waals surface area contributed by atoms with E-state index in [9.17, 15) is 4.79 Å². The van der Waals surface area contributed by atoms with Crippen molar-refractivity contribution in [3.8, 4) is 0 Å². The smallest absolute Gasteiger partial charge is 0.304 e. The first-order valence-corrected chi connectivity index (χ1v) is 6.66. The molecule has 1 fully saturated rings. The lowest BCUT2D eigenvalue weighted by Gasteiger charge is -2.32. The van der Waals surface area contributed by atoms with Gasteiger partial charge in [-0.1, -0.05) is 26.7 Å². The van der Waals surface area contributed by atoms with Crippen molar-refractivity contribution in [3.63, 3.8) is 0 Å². The Morgan fingerprint density at radius 1 is 1.50 bits per heavy atom. The third-order valence-corrected chi connectivity index (χ3v) is 3.66.